The van der Waals surface area contributed by atoms with E-state index in [0.29, 0.717) is 17.4 Å². The van der Waals surface area contributed by atoms with Crippen LogP contribution in [0.3, 0.4) is 0 Å². The Balaban J connectivity index is 1.93. The number of nitrogens with zero attached hydrogens (tertiary/aromatic N) is 3. The Labute approximate surface area is 134 Å². The Bertz CT molecular complexity index is 723. The number of hydrogen-bond acceptors (Lipinski definition) is 4. The maximum absolute atomic E-state index is 10.7. The highest BCUT2D eigenvalue weighted by Gasteiger charge is 2.22. The Morgan fingerprint density at radius 1 is 1.43 bits per heavy atom. The molecule has 0 fully saturated rings. The fourth-order valence-corrected chi connectivity index (χ4v) is 3.29. The molecule has 1 aliphatic heterocycles. The molecule has 0 amide bonds. The Morgan fingerprint density at radius 3 is 2.95 bits per heavy atom. The van der Waals surface area contributed by atoms with Gasteiger partial charge in [0.2, 0.25) is 0 Å². The fourth-order valence-electron chi connectivity index (χ4n) is 2.47. The van der Waals surface area contributed by atoms with Gasteiger partial charge in [-0.25, -0.2) is 4.98 Å². The summed E-state index contributed by atoms with van der Waals surface area (Å²) in [6, 6.07) is 7.49. The molecule has 0 atom stereocenters. The second-order valence-corrected chi connectivity index (χ2v) is 6.07. The molecule has 0 aliphatic carbocycles. The van der Waals surface area contributed by atoms with Crippen molar-refractivity contribution in [2.24, 2.45) is 0 Å². The molecular weight excluding hydrogens is 358 g/mol. The Morgan fingerprint density at radius 2 is 2.24 bits per heavy atom. The van der Waals surface area contributed by atoms with E-state index >= 15 is 0 Å². The van der Waals surface area contributed by atoms with Gasteiger partial charge in [0.25, 0.3) is 5.69 Å². The molecule has 1 aliphatic rings. The first-order valence-corrected chi connectivity index (χ1v) is 7.54. The van der Waals surface area contributed by atoms with E-state index in [1.807, 2.05) is 17.0 Å². The molecule has 5 nitrogen and oxygen atoms in total. The third-order valence-corrected chi connectivity index (χ3v) is 4.55. The number of pyridine rings is 1. The van der Waals surface area contributed by atoms with Crippen molar-refractivity contribution in [3.05, 3.63) is 61.2 Å². The lowest BCUT2D eigenvalue weighted by Gasteiger charge is -2.30. The summed E-state index contributed by atoms with van der Waals surface area (Å²) in [6.45, 7) is 1.47. The zero-order valence-corrected chi connectivity index (χ0v) is 13.3. The van der Waals surface area contributed by atoms with E-state index in [1.165, 1.54) is 23.4 Å². The Kier molecular flexibility index (Phi) is 3.82. The molecule has 2 aromatic rings. The van der Waals surface area contributed by atoms with Crippen molar-refractivity contribution in [1.29, 1.82) is 0 Å². The number of hydrogen-bond donors (Lipinski definition) is 0. The summed E-state index contributed by atoms with van der Waals surface area (Å²) in [4.78, 5) is 16.4. The SMILES string of the molecule is O=[N+]([O-])c1cnc(N2CCc3cccc(Br)c3C2)c(Cl)c1. The minimum atomic E-state index is -0.495. The van der Waals surface area contributed by atoms with Crippen LogP contribution in [0.5, 0.6) is 0 Å². The summed E-state index contributed by atoms with van der Waals surface area (Å²) in [7, 11) is 0. The number of fused-ring (bicyclic) bond motifs is 1. The first-order chi connectivity index (χ1) is 10.1. The molecule has 2 heterocycles. The predicted octanol–water partition coefficient (Wildman–Crippen LogP) is 3.97. The van der Waals surface area contributed by atoms with Crippen LogP contribution in [-0.4, -0.2) is 16.5 Å². The van der Waals surface area contributed by atoms with Crippen LogP contribution in [0.25, 0.3) is 0 Å². The molecule has 3 rings (SSSR count). The van der Waals surface area contributed by atoms with Crippen molar-refractivity contribution in [1.82, 2.24) is 4.98 Å². The average Bonchev–Trinajstić information content (AvgIpc) is 2.47. The minimum absolute atomic E-state index is 0.0951. The zero-order valence-electron chi connectivity index (χ0n) is 10.9. The van der Waals surface area contributed by atoms with Gasteiger partial charge >= 0.3 is 0 Å². The van der Waals surface area contributed by atoms with Crippen LogP contribution in [0.15, 0.2) is 34.9 Å². The maximum atomic E-state index is 10.7. The highest BCUT2D eigenvalue weighted by atomic mass is 79.9. The summed E-state index contributed by atoms with van der Waals surface area (Å²) in [5.74, 6) is 0.587. The van der Waals surface area contributed by atoms with Gasteiger partial charge in [-0.05, 0) is 23.6 Å². The van der Waals surface area contributed by atoms with E-state index in [-0.39, 0.29) is 5.69 Å². The van der Waals surface area contributed by atoms with Gasteiger partial charge in [-0.2, -0.15) is 0 Å². The van der Waals surface area contributed by atoms with Crippen LogP contribution in [0.2, 0.25) is 5.02 Å². The zero-order chi connectivity index (χ0) is 15.0. The fraction of sp³-hybridized carbons (Fsp3) is 0.214. The normalized spacial score (nSPS) is 13.9. The van der Waals surface area contributed by atoms with Gasteiger partial charge in [0.1, 0.15) is 12.0 Å². The van der Waals surface area contributed by atoms with Crippen molar-refractivity contribution in [2.75, 3.05) is 11.4 Å². The van der Waals surface area contributed by atoms with Crippen molar-refractivity contribution in [3.63, 3.8) is 0 Å². The van der Waals surface area contributed by atoms with E-state index in [1.54, 1.807) is 0 Å². The van der Waals surface area contributed by atoms with Crippen molar-refractivity contribution in [2.45, 2.75) is 13.0 Å². The van der Waals surface area contributed by atoms with E-state index in [9.17, 15) is 10.1 Å². The molecule has 0 radical (unpaired) electrons. The molecule has 1 aromatic carbocycles. The van der Waals surface area contributed by atoms with Crippen molar-refractivity contribution >= 4 is 39.0 Å². The van der Waals surface area contributed by atoms with Crippen molar-refractivity contribution < 1.29 is 4.92 Å². The molecule has 1 aromatic heterocycles. The molecule has 7 heteroatoms. The second kappa shape index (κ2) is 5.61. The molecule has 0 unspecified atom stereocenters. The van der Waals surface area contributed by atoms with Crippen LogP contribution in [-0.2, 0) is 13.0 Å². The van der Waals surface area contributed by atoms with Gasteiger partial charge in [0.15, 0.2) is 0 Å². The highest BCUT2D eigenvalue weighted by Crippen LogP contribution is 2.33. The lowest BCUT2D eigenvalue weighted by Crippen LogP contribution is -2.31. The minimum Gasteiger partial charge on any atom is -0.351 e. The summed E-state index contributed by atoms with van der Waals surface area (Å²) in [5.41, 5.74) is 2.42. The molecular formula is C14H11BrClN3O2. The third-order valence-electron chi connectivity index (χ3n) is 3.53. The predicted molar refractivity (Wildman–Crippen MR) is 84.8 cm³/mol. The number of halogens is 2. The summed E-state index contributed by atoms with van der Waals surface area (Å²) in [5, 5.41) is 11.0. The molecule has 0 saturated carbocycles. The number of aromatic nitrogens is 1. The van der Waals surface area contributed by atoms with E-state index in [2.05, 4.69) is 27.0 Å². The Hall–Kier alpha value is -1.66. The molecule has 21 heavy (non-hydrogen) atoms. The first kappa shape index (κ1) is 14.3. The van der Waals surface area contributed by atoms with Gasteiger partial charge in [0.05, 0.1) is 9.95 Å². The van der Waals surface area contributed by atoms with Crippen LogP contribution in [0, 0.1) is 10.1 Å². The molecule has 0 N–H and O–H groups in total. The molecule has 0 bridgehead atoms. The van der Waals surface area contributed by atoms with Gasteiger partial charge in [-0.3, -0.25) is 10.1 Å². The largest absolute Gasteiger partial charge is 0.351 e. The molecule has 0 spiro atoms. The summed E-state index contributed by atoms with van der Waals surface area (Å²) >= 11 is 9.72. The van der Waals surface area contributed by atoms with E-state index < -0.39 is 4.92 Å². The third kappa shape index (κ3) is 2.73. The van der Waals surface area contributed by atoms with E-state index in [0.717, 1.165) is 17.4 Å². The van der Waals surface area contributed by atoms with Gasteiger partial charge in [-0.1, -0.05) is 39.7 Å². The van der Waals surface area contributed by atoms with Crippen molar-refractivity contribution in [3.8, 4) is 0 Å². The summed E-state index contributed by atoms with van der Waals surface area (Å²) in [6.07, 6.45) is 2.14. The van der Waals surface area contributed by atoms with Gasteiger partial charge < -0.3 is 4.90 Å². The smallest absolute Gasteiger partial charge is 0.289 e. The van der Waals surface area contributed by atoms with Gasteiger partial charge in [0, 0.05) is 23.6 Å². The van der Waals surface area contributed by atoms with Crippen LogP contribution in [0.1, 0.15) is 11.1 Å². The second-order valence-electron chi connectivity index (χ2n) is 4.81. The number of benzene rings is 1. The lowest BCUT2D eigenvalue weighted by atomic mass is 10.00. The van der Waals surface area contributed by atoms with Gasteiger partial charge in [-0.15, -0.1) is 0 Å². The topological polar surface area (TPSA) is 59.3 Å². The van der Waals surface area contributed by atoms with Crippen LogP contribution >= 0.6 is 27.5 Å². The number of rotatable bonds is 2. The summed E-state index contributed by atoms with van der Waals surface area (Å²) < 4.78 is 1.06. The van der Waals surface area contributed by atoms with Crippen LogP contribution in [0.4, 0.5) is 11.5 Å². The highest BCUT2D eigenvalue weighted by molar-refractivity contribution is 9.10. The molecule has 108 valence electrons. The number of anilines is 1. The monoisotopic (exact) mass is 367 g/mol. The average molecular weight is 369 g/mol. The lowest BCUT2D eigenvalue weighted by molar-refractivity contribution is -0.385. The maximum Gasteiger partial charge on any atom is 0.289 e. The number of nitro groups is 1. The first-order valence-electron chi connectivity index (χ1n) is 6.37. The quantitative estimate of drug-likeness (QED) is 0.594. The van der Waals surface area contributed by atoms with Crippen LogP contribution < -0.4 is 4.90 Å². The standard InChI is InChI=1S/C14H11BrClN3O2/c15-12-3-1-2-9-4-5-18(8-11(9)12)14-13(16)6-10(7-17-14)19(20)21/h1-3,6-7H,4-5,8H2. The molecule has 0 saturated heterocycles. The van der Waals surface area contributed by atoms with E-state index in [4.69, 9.17) is 11.6 Å².